The van der Waals surface area contributed by atoms with Crippen molar-refractivity contribution in [3.63, 3.8) is 0 Å². The summed E-state index contributed by atoms with van der Waals surface area (Å²) in [7, 11) is 1.53. The molecule has 1 aromatic rings. The monoisotopic (exact) mass is 285 g/mol. The smallest absolute Gasteiger partial charge is 0.251 e. The van der Waals surface area contributed by atoms with Gasteiger partial charge in [0.05, 0.1) is 17.6 Å². The molecule has 0 unspecified atom stereocenters. The van der Waals surface area contributed by atoms with Gasteiger partial charge in [0.2, 0.25) is 0 Å². The zero-order chi connectivity index (χ0) is 16.2. The van der Waals surface area contributed by atoms with E-state index in [1.165, 1.54) is 14.0 Å². The lowest BCUT2D eigenvalue weighted by Gasteiger charge is -2.11. The second kappa shape index (κ2) is 6.70. The Morgan fingerprint density at radius 1 is 1.38 bits per heavy atom. The molecule has 0 fully saturated rings. The average molecular weight is 285 g/mol. The normalized spacial score (nSPS) is 13.1. The third-order valence-electron chi connectivity index (χ3n) is 3.13. The predicted molar refractivity (Wildman–Crippen MR) is 86.2 cm³/mol. The van der Waals surface area contributed by atoms with Gasteiger partial charge in [0.15, 0.2) is 0 Å². The van der Waals surface area contributed by atoms with Crippen LogP contribution in [-0.2, 0) is 4.74 Å². The molecule has 0 aliphatic carbocycles. The predicted octanol–water partition coefficient (Wildman–Crippen LogP) is 2.62. The number of nitro groups is 1. The van der Waals surface area contributed by atoms with Gasteiger partial charge in [0.25, 0.3) is 5.70 Å². The van der Waals surface area contributed by atoms with Crippen molar-refractivity contribution < 1.29 is 9.66 Å². The first-order chi connectivity index (χ1) is 9.84. The number of rotatable bonds is 5. The van der Waals surface area contributed by atoms with E-state index < -0.39 is 4.92 Å². The molecule has 4 heteroatoms. The maximum absolute atomic E-state index is 11.2. The number of benzene rings is 1. The highest BCUT2D eigenvalue weighted by Gasteiger charge is 2.18. The summed E-state index contributed by atoms with van der Waals surface area (Å²) in [5.41, 5.74) is 1.79. The molecule has 1 rings (SSSR count). The van der Waals surface area contributed by atoms with Crippen molar-refractivity contribution in [2.45, 2.75) is 13.8 Å². The fourth-order valence-electron chi connectivity index (χ4n) is 2.21. The van der Waals surface area contributed by atoms with Crippen LogP contribution in [0.1, 0.15) is 19.4 Å². The van der Waals surface area contributed by atoms with Crippen molar-refractivity contribution in [1.29, 1.82) is 0 Å². The summed E-state index contributed by atoms with van der Waals surface area (Å²) in [5.74, 6) is 0.519. The fraction of sp³-hybridized carbons (Fsp3) is 0.176. The first-order valence-corrected chi connectivity index (χ1v) is 6.35. The van der Waals surface area contributed by atoms with E-state index >= 15 is 0 Å². The Morgan fingerprint density at radius 2 is 2.00 bits per heavy atom. The fourth-order valence-corrected chi connectivity index (χ4v) is 2.21. The van der Waals surface area contributed by atoms with E-state index in [2.05, 4.69) is 19.7 Å². The summed E-state index contributed by atoms with van der Waals surface area (Å²) in [6.07, 6.45) is 1.56. The Balaban J connectivity index is 4.02. The van der Waals surface area contributed by atoms with Crippen molar-refractivity contribution in [3.8, 4) is 0 Å². The minimum absolute atomic E-state index is 0.0360. The molecular weight excluding hydrogens is 266 g/mol. The summed E-state index contributed by atoms with van der Waals surface area (Å²) in [4.78, 5) is 10.7. The Kier molecular flexibility index (Phi) is 5.24. The minimum atomic E-state index is -0.413. The number of methoxy groups -OCH3 is 1. The van der Waals surface area contributed by atoms with E-state index in [4.69, 9.17) is 4.74 Å². The topological polar surface area (TPSA) is 52.4 Å². The molecule has 0 saturated heterocycles. The number of allylic oxidation sites excluding steroid dienone is 3. The Labute approximate surface area is 124 Å². The van der Waals surface area contributed by atoms with E-state index in [1.54, 1.807) is 25.1 Å². The van der Waals surface area contributed by atoms with Crippen LogP contribution in [0.2, 0.25) is 0 Å². The molecule has 21 heavy (non-hydrogen) atoms. The van der Waals surface area contributed by atoms with Crippen LogP contribution in [0.25, 0.3) is 17.9 Å². The van der Waals surface area contributed by atoms with Crippen LogP contribution >= 0.6 is 0 Å². The molecule has 0 aromatic heterocycles. The first-order valence-electron chi connectivity index (χ1n) is 6.35. The highest BCUT2D eigenvalue weighted by Crippen LogP contribution is 2.23. The summed E-state index contributed by atoms with van der Waals surface area (Å²) in [6, 6.07) is 5.41. The molecule has 110 valence electrons. The van der Waals surface area contributed by atoms with Crippen LogP contribution < -0.4 is 10.4 Å². The van der Waals surface area contributed by atoms with Crippen molar-refractivity contribution in [3.05, 3.63) is 74.8 Å². The van der Waals surface area contributed by atoms with Crippen LogP contribution in [0.15, 0.2) is 48.7 Å². The second-order valence-electron chi connectivity index (χ2n) is 4.61. The van der Waals surface area contributed by atoms with Crippen molar-refractivity contribution in [1.82, 2.24) is 0 Å². The van der Waals surface area contributed by atoms with Gasteiger partial charge in [-0.1, -0.05) is 37.9 Å². The Morgan fingerprint density at radius 3 is 2.43 bits per heavy atom. The average Bonchev–Trinajstić information content (AvgIpc) is 2.42. The van der Waals surface area contributed by atoms with Gasteiger partial charge in [0, 0.05) is 12.1 Å². The lowest BCUT2D eigenvalue weighted by atomic mass is 9.95. The number of ether oxygens (including phenoxy) is 1. The van der Waals surface area contributed by atoms with Crippen LogP contribution in [0.5, 0.6) is 0 Å². The maximum Gasteiger partial charge on any atom is 0.251 e. The molecule has 0 bridgehead atoms. The van der Waals surface area contributed by atoms with Gasteiger partial charge in [-0.2, -0.15) is 0 Å². The van der Waals surface area contributed by atoms with E-state index in [0.717, 1.165) is 0 Å². The molecule has 0 atom stereocenters. The van der Waals surface area contributed by atoms with Gasteiger partial charge in [-0.05, 0) is 29.4 Å². The van der Waals surface area contributed by atoms with E-state index in [0.29, 0.717) is 32.9 Å². The maximum atomic E-state index is 11.2. The highest BCUT2D eigenvalue weighted by molar-refractivity contribution is 5.80. The van der Waals surface area contributed by atoms with Gasteiger partial charge in [-0.25, -0.2) is 0 Å². The molecule has 0 aliphatic heterocycles. The SMILES string of the molecule is C=C/C(OC)=c1/c(/C(C(=C)C)=C(/C)[N+](=O)[O-])cccc1=C. The van der Waals surface area contributed by atoms with Gasteiger partial charge in [0.1, 0.15) is 5.76 Å². The Bertz CT molecular complexity index is 742. The third-order valence-corrected chi connectivity index (χ3v) is 3.13. The van der Waals surface area contributed by atoms with E-state index in [-0.39, 0.29) is 5.70 Å². The number of hydrogen-bond donors (Lipinski definition) is 0. The quantitative estimate of drug-likeness (QED) is 0.475. The van der Waals surface area contributed by atoms with E-state index in [1.807, 2.05) is 6.07 Å². The molecule has 0 saturated carbocycles. The Hall–Kier alpha value is -2.62. The minimum Gasteiger partial charge on any atom is -0.496 e. The largest absolute Gasteiger partial charge is 0.496 e. The second-order valence-corrected chi connectivity index (χ2v) is 4.61. The highest BCUT2D eigenvalue weighted by atomic mass is 16.6. The van der Waals surface area contributed by atoms with Crippen molar-refractivity contribution in [2.75, 3.05) is 7.11 Å². The molecule has 0 amide bonds. The molecule has 0 aliphatic rings. The summed E-state index contributed by atoms with van der Waals surface area (Å²) < 4.78 is 5.31. The van der Waals surface area contributed by atoms with Gasteiger partial charge >= 0.3 is 0 Å². The first kappa shape index (κ1) is 16.4. The van der Waals surface area contributed by atoms with Crippen molar-refractivity contribution in [2.24, 2.45) is 0 Å². The standard InChI is InChI=1S/C17H19NO3/c1-7-15(21-6)17-12(4)9-8-10-14(17)16(11(2)3)13(5)18(19)20/h7-10H,1-2,4H2,3,5-6H3/b16-13-,17-15-. The molecular formula is C17H19NO3. The zero-order valence-electron chi connectivity index (χ0n) is 12.6. The van der Waals surface area contributed by atoms with E-state index in [9.17, 15) is 10.1 Å². The molecule has 0 heterocycles. The molecule has 0 N–H and O–H groups in total. The summed E-state index contributed by atoms with van der Waals surface area (Å²) >= 11 is 0. The lowest BCUT2D eigenvalue weighted by Crippen LogP contribution is -2.30. The molecule has 1 aromatic carbocycles. The lowest BCUT2D eigenvalue weighted by molar-refractivity contribution is -0.423. The van der Waals surface area contributed by atoms with Crippen LogP contribution in [0, 0.1) is 10.1 Å². The van der Waals surface area contributed by atoms with Gasteiger partial charge in [-0.15, -0.1) is 0 Å². The van der Waals surface area contributed by atoms with Gasteiger partial charge < -0.3 is 4.74 Å². The molecule has 0 radical (unpaired) electrons. The van der Waals surface area contributed by atoms with Crippen LogP contribution in [0.3, 0.4) is 0 Å². The van der Waals surface area contributed by atoms with Crippen LogP contribution in [0.4, 0.5) is 0 Å². The summed E-state index contributed by atoms with van der Waals surface area (Å²) in [6.45, 7) is 14.7. The van der Waals surface area contributed by atoms with Gasteiger partial charge in [-0.3, -0.25) is 10.1 Å². The number of hydrogen-bond acceptors (Lipinski definition) is 3. The molecule has 0 spiro atoms. The number of nitrogens with zero attached hydrogens (tertiary/aromatic N) is 1. The van der Waals surface area contributed by atoms with Crippen LogP contribution in [-0.4, -0.2) is 12.0 Å². The van der Waals surface area contributed by atoms with Crippen molar-refractivity contribution >= 4 is 17.9 Å². The molecule has 4 nitrogen and oxygen atoms in total. The summed E-state index contributed by atoms with van der Waals surface area (Å²) in [5, 5.41) is 12.6. The zero-order valence-corrected chi connectivity index (χ0v) is 12.6. The third kappa shape index (κ3) is 3.28.